The summed E-state index contributed by atoms with van der Waals surface area (Å²) in [4.78, 5) is 15.6. The Morgan fingerprint density at radius 1 is 1.08 bits per heavy atom. The van der Waals surface area contributed by atoms with E-state index in [2.05, 4.69) is 30.0 Å². The second-order valence-corrected chi connectivity index (χ2v) is 6.85. The molecule has 0 saturated carbocycles. The molecule has 1 N–H and O–H groups in total. The van der Waals surface area contributed by atoms with E-state index in [1.807, 2.05) is 39.2 Å². The van der Waals surface area contributed by atoms with Crippen LogP contribution in [0.3, 0.4) is 0 Å². The van der Waals surface area contributed by atoms with Gasteiger partial charge < -0.3 is 20.0 Å². The van der Waals surface area contributed by atoms with E-state index in [0.29, 0.717) is 5.69 Å². The van der Waals surface area contributed by atoms with Gasteiger partial charge in [-0.1, -0.05) is 12.1 Å². The molecule has 1 aliphatic heterocycles. The Balaban J connectivity index is 1.63. The standard InChI is InChI=1S/C19H27FN6/c1-15-14-18(21-8-9-24(2)3)23-19(22-15)26-12-10-25(11-13-26)17-7-5-4-6-16(17)20/h4-7,14H,8-13H2,1-3H3,(H,21,22,23). The number of halogens is 1. The average Bonchev–Trinajstić information content (AvgIpc) is 2.61. The Labute approximate surface area is 154 Å². The van der Waals surface area contributed by atoms with Gasteiger partial charge in [0.15, 0.2) is 0 Å². The quantitative estimate of drug-likeness (QED) is 0.855. The van der Waals surface area contributed by atoms with Crippen LogP contribution in [-0.4, -0.2) is 68.2 Å². The highest BCUT2D eigenvalue weighted by Gasteiger charge is 2.21. The van der Waals surface area contributed by atoms with Crippen molar-refractivity contribution in [1.82, 2.24) is 14.9 Å². The first-order chi connectivity index (χ1) is 12.5. The zero-order chi connectivity index (χ0) is 18.5. The maximum Gasteiger partial charge on any atom is 0.227 e. The fraction of sp³-hybridized carbons (Fsp3) is 0.474. The molecule has 0 atom stereocenters. The Bertz CT molecular complexity index is 728. The molecule has 140 valence electrons. The van der Waals surface area contributed by atoms with Crippen molar-refractivity contribution < 1.29 is 4.39 Å². The zero-order valence-electron chi connectivity index (χ0n) is 15.7. The van der Waals surface area contributed by atoms with Gasteiger partial charge in [-0.3, -0.25) is 0 Å². The molecule has 0 amide bonds. The van der Waals surface area contributed by atoms with Crippen molar-refractivity contribution in [3.63, 3.8) is 0 Å². The molecule has 0 aliphatic carbocycles. The maximum absolute atomic E-state index is 14.0. The first kappa shape index (κ1) is 18.4. The minimum absolute atomic E-state index is 0.167. The van der Waals surface area contributed by atoms with Gasteiger partial charge in [0.05, 0.1) is 5.69 Å². The Kier molecular flexibility index (Phi) is 5.88. The number of aromatic nitrogens is 2. The van der Waals surface area contributed by atoms with Crippen molar-refractivity contribution >= 4 is 17.5 Å². The largest absolute Gasteiger partial charge is 0.369 e. The molecule has 0 unspecified atom stereocenters. The highest BCUT2D eigenvalue weighted by molar-refractivity contribution is 5.50. The van der Waals surface area contributed by atoms with Gasteiger partial charge in [0.1, 0.15) is 11.6 Å². The molecule has 3 rings (SSSR count). The molecule has 0 spiro atoms. The summed E-state index contributed by atoms with van der Waals surface area (Å²) in [5.41, 5.74) is 1.61. The number of piperazine rings is 1. The number of hydrogen-bond acceptors (Lipinski definition) is 6. The molecule has 1 aromatic heterocycles. The Morgan fingerprint density at radius 2 is 1.77 bits per heavy atom. The normalized spacial score (nSPS) is 14.8. The fourth-order valence-electron chi connectivity index (χ4n) is 3.05. The molecular formula is C19H27FN6. The van der Waals surface area contributed by atoms with E-state index >= 15 is 0 Å². The van der Waals surface area contributed by atoms with E-state index in [4.69, 9.17) is 0 Å². The lowest BCUT2D eigenvalue weighted by atomic mass is 10.2. The van der Waals surface area contributed by atoms with Crippen LogP contribution in [-0.2, 0) is 0 Å². The van der Waals surface area contributed by atoms with Gasteiger partial charge in [-0.2, -0.15) is 4.98 Å². The summed E-state index contributed by atoms with van der Waals surface area (Å²) in [7, 11) is 4.10. The first-order valence-electron chi connectivity index (χ1n) is 9.01. The van der Waals surface area contributed by atoms with Crippen LogP contribution in [0, 0.1) is 12.7 Å². The number of nitrogens with one attached hydrogen (secondary N) is 1. The lowest BCUT2D eigenvalue weighted by molar-refractivity contribution is 0.425. The third-order valence-electron chi connectivity index (χ3n) is 4.46. The fourth-order valence-corrected chi connectivity index (χ4v) is 3.05. The van der Waals surface area contributed by atoms with Crippen LogP contribution < -0.4 is 15.1 Å². The predicted molar refractivity (Wildman–Crippen MR) is 105 cm³/mol. The summed E-state index contributed by atoms with van der Waals surface area (Å²) >= 11 is 0. The van der Waals surface area contributed by atoms with Gasteiger partial charge in [0, 0.05) is 51.0 Å². The van der Waals surface area contributed by atoms with Crippen molar-refractivity contribution in [3.05, 3.63) is 41.8 Å². The van der Waals surface area contributed by atoms with E-state index < -0.39 is 0 Å². The second kappa shape index (κ2) is 8.31. The first-order valence-corrected chi connectivity index (χ1v) is 9.01. The van der Waals surface area contributed by atoms with Gasteiger partial charge in [-0.25, -0.2) is 9.37 Å². The summed E-state index contributed by atoms with van der Waals surface area (Å²) in [6, 6.07) is 8.91. The van der Waals surface area contributed by atoms with E-state index in [1.165, 1.54) is 6.07 Å². The maximum atomic E-state index is 14.0. The zero-order valence-corrected chi connectivity index (χ0v) is 15.7. The number of aryl methyl sites for hydroxylation is 1. The smallest absolute Gasteiger partial charge is 0.227 e. The summed E-state index contributed by atoms with van der Waals surface area (Å²) in [5.74, 6) is 1.43. The number of hydrogen-bond donors (Lipinski definition) is 1. The number of likely N-dealkylation sites (N-methyl/N-ethyl adjacent to an activating group) is 1. The molecule has 2 heterocycles. The lowest BCUT2D eigenvalue weighted by Crippen LogP contribution is -2.47. The minimum Gasteiger partial charge on any atom is -0.369 e. The molecule has 0 radical (unpaired) electrons. The molecule has 6 nitrogen and oxygen atoms in total. The van der Waals surface area contributed by atoms with E-state index in [1.54, 1.807) is 6.07 Å². The Hall–Kier alpha value is -2.41. The summed E-state index contributed by atoms with van der Waals surface area (Å²) in [6.45, 7) is 6.81. The van der Waals surface area contributed by atoms with E-state index in [-0.39, 0.29) is 5.82 Å². The third kappa shape index (κ3) is 4.60. The second-order valence-electron chi connectivity index (χ2n) is 6.85. The van der Waals surface area contributed by atoms with Gasteiger partial charge in [0.2, 0.25) is 5.95 Å². The van der Waals surface area contributed by atoms with Gasteiger partial charge >= 0.3 is 0 Å². The third-order valence-corrected chi connectivity index (χ3v) is 4.46. The average molecular weight is 358 g/mol. The summed E-state index contributed by atoms with van der Waals surface area (Å²) in [6.07, 6.45) is 0. The predicted octanol–water partition coefficient (Wildman–Crippen LogP) is 2.22. The minimum atomic E-state index is -0.167. The molecule has 1 fully saturated rings. The van der Waals surface area contributed by atoms with Gasteiger partial charge in [-0.05, 0) is 33.2 Å². The summed E-state index contributed by atoms with van der Waals surface area (Å²) in [5, 5.41) is 3.36. The molecular weight excluding hydrogens is 331 g/mol. The van der Waals surface area contributed by atoms with Gasteiger partial charge in [0.25, 0.3) is 0 Å². The molecule has 2 aromatic rings. The molecule has 7 heteroatoms. The molecule has 1 aromatic carbocycles. The van der Waals surface area contributed by atoms with Crippen LogP contribution in [0.15, 0.2) is 30.3 Å². The Morgan fingerprint density at radius 3 is 2.46 bits per heavy atom. The van der Waals surface area contributed by atoms with Crippen LogP contribution >= 0.6 is 0 Å². The van der Waals surface area contributed by atoms with Crippen LogP contribution in [0.25, 0.3) is 0 Å². The lowest BCUT2D eigenvalue weighted by Gasteiger charge is -2.36. The van der Waals surface area contributed by atoms with Crippen molar-refractivity contribution in [3.8, 4) is 0 Å². The van der Waals surface area contributed by atoms with Crippen LogP contribution in [0.4, 0.5) is 21.8 Å². The molecule has 0 bridgehead atoms. The molecule has 26 heavy (non-hydrogen) atoms. The van der Waals surface area contributed by atoms with Crippen LogP contribution in [0.5, 0.6) is 0 Å². The number of para-hydroxylation sites is 1. The number of nitrogens with zero attached hydrogens (tertiary/aromatic N) is 5. The van der Waals surface area contributed by atoms with E-state index in [0.717, 1.165) is 56.7 Å². The molecule has 1 saturated heterocycles. The van der Waals surface area contributed by atoms with Crippen LogP contribution in [0.1, 0.15) is 5.69 Å². The highest BCUT2D eigenvalue weighted by Crippen LogP contribution is 2.22. The highest BCUT2D eigenvalue weighted by atomic mass is 19.1. The monoisotopic (exact) mass is 358 g/mol. The van der Waals surface area contributed by atoms with Crippen molar-refractivity contribution in [2.24, 2.45) is 0 Å². The SMILES string of the molecule is Cc1cc(NCCN(C)C)nc(N2CCN(c3ccccc3F)CC2)n1. The topological polar surface area (TPSA) is 47.5 Å². The van der Waals surface area contributed by atoms with Crippen molar-refractivity contribution in [2.45, 2.75) is 6.92 Å². The van der Waals surface area contributed by atoms with Crippen molar-refractivity contribution in [1.29, 1.82) is 0 Å². The number of anilines is 3. The number of benzene rings is 1. The van der Waals surface area contributed by atoms with Gasteiger partial charge in [-0.15, -0.1) is 0 Å². The summed E-state index contributed by atoms with van der Waals surface area (Å²) < 4.78 is 14.0. The van der Waals surface area contributed by atoms with Crippen LogP contribution in [0.2, 0.25) is 0 Å². The van der Waals surface area contributed by atoms with Crippen molar-refractivity contribution in [2.75, 3.05) is 68.5 Å². The number of rotatable bonds is 6. The van der Waals surface area contributed by atoms with E-state index in [9.17, 15) is 4.39 Å². The molecule has 1 aliphatic rings.